The monoisotopic (exact) mass is 313 g/mol. The van der Waals surface area contributed by atoms with Crippen LogP contribution in [0.3, 0.4) is 0 Å². The molecule has 0 aliphatic rings. The van der Waals surface area contributed by atoms with Crippen molar-refractivity contribution in [1.29, 1.82) is 0 Å². The first kappa shape index (κ1) is 16.0. The van der Waals surface area contributed by atoms with E-state index >= 15 is 0 Å². The van der Waals surface area contributed by atoms with E-state index in [1.165, 1.54) is 0 Å². The van der Waals surface area contributed by atoms with Crippen molar-refractivity contribution in [3.05, 3.63) is 37.9 Å². The summed E-state index contributed by atoms with van der Waals surface area (Å²) in [5.74, 6) is -0.0324. The van der Waals surface area contributed by atoms with Crippen molar-refractivity contribution >= 4 is 28.7 Å². The number of benzene rings is 1. The Morgan fingerprint density at radius 2 is 1.60 bits per heavy atom. The smallest absolute Gasteiger partial charge is 0.373 e. The predicted molar refractivity (Wildman–Crippen MR) is 64.0 cm³/mol. The number of anilines is 1. The second-order valence-corrected chi connectivity index (χ2v) is 3.90. The van der Waals surface area contributed by atoms with Crippen LogP contribution < -0.4 is 5.32 Å². The Balaban J connectivity index is 3.55. The molecule has 0 bridgehead atoms. The van der Waals surface area contributed by atoms with Crippen LogP contribution in [-0.2, 0) is 6.18 Å². The average molecular weight is 314 g/mol. The first-order valence-corrected chi connectivity index (χ1v) is 5.55. The molecular formula is C9H7ClF3N3O4. The van der Waals surface area contributed by atoms with Crippen molar-refractivity contribution < 1.29 is 23.0 Å². The first-order valence-electron chi connectivity index (χ1n) is 5.02. The Kier molecular flexibility index (Phi) is 4.71. The molecule has 0 spiro atoms. The third kappa shape index (κ3) is 3.47. The SMILES string of the molecule is O=[N+]([O-])c1cc(C(F)(F)F)cc([N+](=O)[O-])c1NCCCl. The van der Waals surface area contributed by atoms with Crippen LogP contribution in [0.5, 0.6) is 0 Å². The van der Waals surface area contributed by atoms with Gasteiger partial charge in [-0.15, -0.1) is 11.6 Å². The number of alkyl halides is 4. The zero-order chi connectivity index (χ0) is 15.5. The number of nitrogens with zero attached hydrogens (tertiary/aromatic N) is 2. The van der Waals surface area contributed by atoms with E-state index in [4.69, 9.17) is 11.6 Å². The summed E-state index contributed by atoms with van der Waals surface area (Å²) in [7, 11) is 0. The zero-order valence-corrected chi connectivity index (χ0v) is 10.4. The summed E-state index contributed by atoms with van der Waals surface area (Å²) in [6.07, 6.45) is -4.93. The minimum Gasteiger partial charge on any atom is -0.373 e. The van der Waals surface area contributed by atoms with Gasteiger partial charge >= 0.3 is 6.18 Å². The van der Waals surface area contributed by atoms with E-state index in [1.807, 2.05) is 0 Å². The maximum absolute atomic E-state index is 12.6. The minimum atomic E-state index is -4.93. The molecule has 7 nitrogen and oxygen atoms in total. The van der Waals surface area contributed by atoms with Crippen molar-refractivity contribution in [2.75, 3.05) is 17.7 Å². The third-order valence-corrected chi connectivity index (χ3v) is 2.40. The van der Waals surface area contributed by atoms with E-state index in [9.17, 15) is 33.4 Å². The molecule has 0 heterocycles. The topological polar surface area (TPSA) is 98.3 Å². The largest absolute Gasteiger partial charge is 0.416 e. The molecule has 1 rings (SSSR count). The zero-order valence-electron chi connectivity index (χ0n) is 9.61. The molecule has 0 unspecified atom stereocenters. The summed E-state index contributed by atoms with van der Waals surface area (Å²) in [5, 5.41) is 23.9. The van der Waals surface area contributed by atoms with Gasteiger partial charge in [0, 0.05) is 24.6 Å². The van der Waals surface area contributed by atoms with Crippen molar-refractivity contribution in [2.24, 2.45) is 0 Å². The van der Waals surface area contributed by atoms with Crippen molar-refractivity contribution in [2.45, 2.75) is 6.18 Å². The summed E-state index contributed by atoms with van der Waals surface area (Å²) >= 11 is 5.34. The van der Waals surface area contributed by atoms with Gasteiger partial charge in [0.1, 0.15) is 0 Å². The fourth-order valence-electron chi connectivity index (χ4n) is 1.42. The molecule has 0 aliphatic heterocycles. The lowest BCUT2D eigenvalue weighted by atomic mass is 10.1. The molecule has 1 N–H and O–H groups in total. The van der Waals surface area contributed by atoms with Crippen LogP contribution in [0.2, 0.25) is 0 Å². The van der Waals surface area contributed by atoms with Gasteiger partial charge in [0.25, 0.3) is 11.4 Å². The number of nitrogens with one attached hydrogen (secondary N) is 1. The van der Waals surface area contributed by atoms with Gasteiger partial charge in [-0.25, -0.2) is 0 Å². The molecule has 0 atom stereocenters. The van der Waals surface area contributed by atoms with E-state index in [0.29, 0.717) is 0 Å². The highest BCUT2D eigenvalue weighted by molar-refractivity contribution is 6.18. The molecule has 0 fully saturated rings. The van der Waals surface area contributed by atoms with Crippen molar-refractivity contribution in [3.8, 4) is 0 Å². The Hall–Kier alpha value is -2.10. The quantitative estimate of drug-likeness (QED) is 0.511. The Morgan fingerprint density at radius 1 is 1.15 bits per heavy atom. The summed E-state index contributed by atoms with van der Waals surface area (Å²) < 4.78 is 37.7. The van der Waals surface area contributed by atoms with Crippen LogP contribution in [0, 0.1) is 20.2 Å². The summed E-state index contributed by atoms with van der Waals surface area (Å²) in [4.78, 5) is 19.3. The van der Waals surface area contributed by atoms with E-state index < -0.39 is 38.6 Å². The van der Waals surface area contributed by atoms with E-state index in [0.717, 1.165) is 0 Å². The number of nitro benzene ring substituents is 2. The minimum absolute atomic E-state index is 0.0324. The Labute approximate surface area is 114 Å². The maximum atomic E-state index is 12.6. The maximum Gasteiger partial charge on any atom is 0.416 e. The summed E-state index contributed by atoms with van der Waals surface area (Å²) in [6.45, 7) is -0.0748. The van der Waals surface area contributed by atoms with E-state index in [2.05, 4.69) is 5.32 Å². The Morgan fingerprint density at radius 3 is 1.90 bits per heavy atom. The average Bonchev–Trinajstić information content (AvgIpc) is 2.33. The second-order valence-electron chi connectivity index (χ2n) is 3.52. The fraction of sp³-hybridized carbons (Fsp3) is 0.333. The molecule has 0 aliphatic carbocycles. The van der Waals surface area contributed by atoms with Crippen LogP contribution in [0.25, 0.3) is 0 Å². The van der Waals surface area contributed by atoms with Gasteiger partial charge < -0.3 is 5.32 Å². The summed E-state index contributed by atoms with van der Waals surface area (Å²) in [5.41, 5.74) is -4.13. The van der Waals surface area contributed by atoms with Crippen LogP contribution in [-0.4, -0.2) is 22.3 Å². The van der Waals surface area contributed by atoms with Gasteiger partial charge in [0.15, 0.2) is 5.69 Å². The normalized spacial score (nSPS) is 11.2. The number of hydrogen-bond acceptors (Lipinski definition) is 5. The highest BCUT2D eigenvalue weighted by Gasteiger charge is 2.37. The lowest BCUT2D eigenvalue weighted by Gasteiger charge is -2.10. The number of halogens is 4. The number of nitro groups is 2. The lowest BCUT2D eigenvalue weighted by molar-refractivity contribution is -0.392. The molecular weight excluding hydrogens is 307 g/mol. The van der Waals surface area contributed by atoms with Gasteiger partial charge in [0.2, 0.25) is 0 Å². The van der Waals surface area contributed by atoms with Crippen LogP contribution in [0.1, 0.15) is 5.56 Å². The molecule has 110 valence electrons. The second kappa shape index (κ2) is 5.90. The molecule has 0 radical (unpaired) electrons. The van der Waals surface area contributed by atoms with Gasteiger partial charge in [-0.3, -0.25) is 20.2 Å². The van der Waals surface area contributed by atoms with Gasteiger partial charge in [0.05, 0.1) is 15.4 Å². The standard InChI is InChI=1S/C9H7ClF3N3O4/c10-1-2-14-8-6(15(17)18)3-5(9(11,12)13)4-7(8)16(19)20/h3-4,14H,1-2H2. The van der Waals surface area contributed by atoms with E-state index in [1.54, 1.807) is 0 Å². The third-order valence-electron chi connectivity index (χ3n) is 2.21. The van der Waals surface area contributed by atoms with Gasteiger partial charge in [-0.1, -0.05) is 0 Å². The predicted octanol–water partition coefficient (Wildman–Crippen LogP) is 3.17. The lowest BCUT2D eigenvalue weighted by Crippen LogP contribution is -2.11. The molecule has 1 aromatic carbocycles. The molecule has 0 saturated carbocycles. The number of rotatable bonds is 5. The molecule has 0 aromatic heterocycles. The van der Waals surface area contributed by atoms with Crippen molar-refractivity contribution in [1.82, 2.24) is 0 Å². The fourth-order valence-corrected chi connectivity index (χ4v) is 1.51. The number of hydrogen-bond donors (Lipinski definition) is 1. The highest BCUT2D eigenvalue weighted by atomic mass is 35.5. The van der Waals surface area contributed by atoms with Crippen molar-refractivity contribution in [3.63, 3.8) is 0 Å². The van der Waals surface area contributed by atoms with Crippen LogP contribution in [0.4, 0.5) is 30.2 Å². The van der Waals surface area contributed by atoms with Crippen LogP contribution >= 0.6 is 11.6 Å². The molecule has 11 heteroatoms. The van der Waals surface area contributed by atoms with Gasteiger partial charge in [-0.05, 0) is 0 Å². The first-order chi connectivity index (χ1) is 9.18. The molecule has 0 amide bonds. The Bertz CT molecular complexity index is 515. The molecule has 20 heavy (non-hydrogen) atoms. The van der Waals surface area contributed by atoms with Gasteiger partial charge in [-0.2, -0.15) is 13.2 Å². The molecule has 1 aromatic rings. The van der Waals surface area contributed by atoms with E-state index in [-0.39, 0.29) is 24.6 Å². The summed E-state index contributed by atoms with van der Waals surface area (Å²) in [6, 6.07) is 0.479. The molecule has 0 saturated heterocycles. The highest BCUT2D eigenvalue weighted by Crippen LogP contribution is 2.40. The van der Waals surface area contributed by atoms with Crippen LogP contribution in [0.15, 0.2) is 12.1 Å².